The van der Waals surface area contributed by atoms with Gasteiger partial charge in [0.15, 0.2) is 0 Å². The van der Waals surface area contributed by atoms with E-state index in [9.17, 15) is 0 Å². The van der Waals surface area contributed by atoms with Crippen LogP contribution in [-0.2, 0) is 11.3 Å². The molecule has 108 valence electrons. The van der Waals surface area contributed by atoms with Gasteiger partial charge in [-0.3, -0.25) is 0 Å². The number of ether oxygens (including phenoxy) is 1. The first-order chi connectivity index (χ1) is 9.29. The molecule has 1 N–H and O–H groups in total. The predicted octanol–water partition coefficient (Wildman–Crippen LogP) is 1.67. The Balaban J connectivity index is 1.77. The Hall–Kier alpha value is -1.07. The van der Waals surface area contributed by atoms with Crippen LogP contribution < -0.4 is 5.32 Å². The van der Waals surface area contributed by atoms with Crippen molar-refractivity contribution in [1.29, 1.82) is 0 Å². The monoisotopic (exact) mass is 266 g/mol. The molecule has 0 aromatic carbocycles. The van der Waals surface area contributed by atoms with Crippen molar-refractivity contribution in [2.75, 3.05) is 45.7 Å². The van der Waals surface area contributed by atoms with E-state index in [-0.39, 0.29) is 0 Å². The van der Waals surface area contributed by atoms with Gasteiger partial charge in [-0.15, -0.1) is 0 Å². The van der Waals surface area contributed by atoms with Gasteiger partial charge in [-0.05, 0) is 38.8 Å². The number of methoxy groups -OCH3 is 1. The normalized spacial score (nSPS) is 20.6. The average molecular weight is 266 g/mol. The van der Waals surface area contributed by atoms with Crippen LogP contribution in [-0.4, -0.2) is 54.8 Å². The molecule has 0 amide bonds. The summed E-state index contributed by atoms with van der Waals surface area (Å²) in [7, 11) is 3.95. The number of nitrogens with one attached hydrogen (secondary N) is 1. The van der Waals surface area contributed by atoms with Gasteiger partial charge in [0, 0.05) is 45.7 Å². The van der Waals surface area contributed by atoms with Crippen molar-refractivity contribution in [2.24, 2.45) is 5.92 Å². The number of imidazole rings is 1. The molecule has 1 saturated heterocycles. The van der Waals surface area contributed by atoms with E-state index in [2.05, 4.69) is 26.8 Å². The van der Waals surface area contributed by atoms with Crippen LogP contribution in [0.3, 0.4) is 0 Å². The summed E-state index contributed by atoms with van der Waals surface area (Å²) in [5.41, 5.74) is 0. The van der Waals surface area contributed by atoms with E-state index in [0.29, 0.717) is 0 Å². The smallest absolute Gasteiger partial charge is 0.202 e. The van der Waals surface area contributed by atoms with Gasteiger partial charge in [0.05, 0.1) is 0 Å². The van der Waals surface area contributed by atoms with Gasteiger partial charge in [-0.25, -0.2) is 4.98 Å². The highest BCUT2D eigenvalue weighted by molar-refractivity contribution is 5.25. The molecule has 1 aliphatic rings. The molecule has 5 nitrogen and oxygen atoms in total. The average Bonchev–Trinajstić information content (AvgIpc) is 2.84. The van der Waals surface area contributed by atoms with Crippen LogP contribution in [0.4, 0.5) is 5.95 Å². The zero-order valence-corrected chi connectivity index (χ0v) is 12.1. The Kier molecular flexibility index (Phi) is 5.66. The number of anilines is 1. The van der Waals surface area contributed by atoms with Crippen molar-refractivity contribution in [2.45, 2.75) is 25.8 Å². The zero-order valence-electron chi connectivity index (χ0n) is 12.1. The van der Waals surface area contributed by atoms with Gasteiger partial charge in [0.25, 0.3) is 0 Å². The number of hydrogen-bond donors (Lipinski definition) is 1. The Labute approximate surface area is 116 Å². The van der Waals surface area contributed by atoms with Gasteiger partial charge in [0.1, 0.15) is 0 Å². The number of hydrogen-bond acceptors (Lipinski definition) is 4. The molecular weight excluding hydrogens is 240 g/mol. The molecule has 1 aromatic heterocycles. The molecule has 1 fully saturated rings. The molecule has 0 saturated carbocycles. The van der Waals surface area contributed by atoms with E-state index < -0.39 is 0 Å². The lowest BCUT2D eigenvalue weighted by atomic mass is 9.99. The molecular formula is C14H26N4O. The molecule has 0 bridgehead atoms. The molecule has 1 aliphatic heterocycles. The zero-order chi connectivity index (χ0) is 13.5. The second-order valence-electron chi connectivity index (χ2n) is 5.44. The largest absolute Gasteiger partial charge is 0.385 e. The van der Waals surface area contributed by atoms with Crippen LogP contribution >= 0.6 is 0 Å². The fraction of sp³-hybridized carbons (Fsp3) is 0.786. The van der Waals surface area contributed by atoms with Crippen LogP contribution in [0.5, 0.6) is 0 Å². The third-order valence-electron chi connectivity index (χ3n) is 3.73. The lowest BCUT2D eigenvalue weighted by Gasteiger charge is -2.29. The predicted molar refractivity (Wildman–Crippen MR) is 77.4 cm³/mol. The Bertz CT molecular complexity index is 366. The maximum absolute atomic E-state index is 5.09. The van der Waals surface area contributed by atoms with Crippen molar-refractivity contribution in [3.05, 3.63) is 12.4 Å². The highest BCUT2D eigenvalue weighted by Crippen LogP contribution is 2.16. The van der Waals surface area contributed by atoms with Gasteiger partial charge >= 0.3 is 0 Å². The fourth-order valence-electron chi connectivity index (χ4n) is 2.71. The van der Waals surface area contributed by atoms with Crippen molar-refractivity contribution in [3.63, 3.8) is 0 Å². The molecule has 1 aromatic rings. The van der Waals surface area contributed by atoms with Crippen LogP contribution in [0.2, 0.25) is 0 Å². The molecule has 1 atom stereocenters. The third kappa shape index (κ3) is 4.51. The van der Waals surface area contributed by atoms with E-state index in [0.717, 1.165) is 38.0 Å². The molecule has 0 aliphatic carbocycles. The summed E-state index contributed by atoms with van der Waals surface area (Å²) >= 11 is 0. The first kappa shape index (κ1) is 14.3. The standard InChI is InChI=1S/C14H26N4O/c1-17-7-3-5-13(12-17)11-16-14-15-6-9-18(14)8-4-10-19-2/h6,9,13H,3-5,7-8,10-12H2,1-2H3,(H,15,16). The first-order valence-electron chi connectivity index (χ1n) is 7.22. The lowest BCUT2D eigenvalue weighted by Crippen LogP contribution is -2.35. The summed E-state index contributed by atoms with van der Waals surface area (Å²) in [5, 5.41) is 3.49. The highest BCUT2D eigenvalue weighted by Gasteiger charge is 2.17. The second kappa shape index (κ2) is 7.50. The second-order valence-corrected chi connectivity index (χ2v) is 5.44. The third-order valence-corrected chi connectivity index (χ3v) is 3.73. The number of rotatable bonds is 7. The Morgan fingerprint density at radius 1 is 1.53 bits per heavy atom. The molecule has 2 heterocycles. The SMILES string of the molecule is COCCCn1ccnc1NCC1CCCN(C)C1. The first-order valence-corrected chi connectivity index (χ1v) is 7.22. The van der Waals surface area contributed by atoms with Crippen LogP contribution in [0.15, 0.2) is 12.4 Å². The summed E-state index contributed by atoms with van der Waals surface area (Å²) in [6, 6.07) is 0. The van der Waals surface area contributed by atoms with Gasteiger partial charge in [-0.2, -0.15) is 0 Å². The minimum absolute atomic E-state index is 0.739. The topological polar surface area (TPSA) is 42.3 Å². The fourth-order valence-corrected chi connectivity index (χ4v) is 2.71. The molecule has 5 heteroatoms. The van der Waals surface area contributed by atoms with Gasteiger partial charge < -0.3 is 19.5 Å². The minimum Gasteiger partial charge on any atom is -0.385 e. The summed E-state index contributed by atoms with van der Waals surface area (Å²) in [6.07, 6.45) is 7.55. The molecule has 1 unspecified atom stereocenters. The number of aromatic nitrogens is 2. The summed E-state index contributed by atoms with van der Waals surface area (Å²) in [5.74, 6) is 1.73. The maximum Gasteiger partial charge on any atom is 0.202 e. The van der Waals surface area contributed by atoms with E-state index in [1.807, 2.05) is 12.4 Å². The van der Waals surface area contributed by atoms with Gasteiger partial charge in [-0.1, -0.05) is 0 Å². The molecule has 2 rings (SSSR count). The number of aryl methyl sites for hydroxylation is 1. The van der Waals surface area contributed by atoms with E-state index in [1.54, 1.807) is 7.11 Å². The number of piperidine rings is 1. The quantitative estimate of drug-likeness (QED) is 0.762. The molecule has 0 spiro atoms. The van der Waals surface area contributed by atoms with Crippen LogP contribution in [0, 0.1) is 5.92 Å². The number of likely N-dealkylation sites (tertiary alicyclic amines) is 1. The van der Waals surface area contributed by atoms with E-state index >= 15 is 0 Å². The number of nitrogens with zero attached hydrogens (tertiary/aromatic N) is 3. The Morgan fingerprint density at radius 3 is 3.21 bits per heavy atom. The van der Waals surface area contributed by atoms with Crippen molar-refractivity contribution >= 4 is 5.95 Å². The molecule has 0 radical (unpaired) electrons. The van der Waals surface area contributed by atoms with Crippen molar-refractivity contribution < 1.29 is 4.74 Å². The highest BCUT2D eigenvalue weighted by atomic mass is 16.5. The summed E-state index contributed by atoms with van der Waals surface area (Å²) in [4.78, 5) is 6.81. The molecule has 19 heavy (non-hydrogen) atoms. The van der Waals surface area contributed by atoms with Crippen molar-refractivity contribution in [1.82, 2.24) is 14.5 Å². The Morgan fingerprint density at radius 2 is 2.42 bits per heavy atom. The maximum atomic E-state index is 5.09. The minimum atomic E-state index is 0.739. The summed E-state index contributed by atoms with van der Waals surface area (Å²) in [6.45, 7) is 5.21. The van der Waals surface area contributed by atoms with Crippen LogP contribution in [0.1, 0.15) is 19.3 Å². The van der Waals surface area contributed by atoms with E-state index in [4.69, 9.17) is 4.74 Å². The van der Waals surface area contributed by atoms with Crippen LogP contribution in [0.25, 0.3) is 0 Å². The van der Waals surface area contributed by atoms with E-state index in [1.165, 1.54) is 25.9 Å². The van der Waals surface area contributed by atoms with Crippen molar-refractivity contribution in [3.8, 4) is 0 Å². The van der Waals surface area contributed by atoms with Gasteiger partial charge in [0.2, 0.25) is 5.95 Å². The summed E-state index contributed by atoms with van der Waals surface area (Å²) < 4.78 is 7.26. The lowest BCUT2D eigenvalue weighted by molar-refractivity contribution is 0.190.